The van der Waals surface area contributed by atoms with Gasteiger partial charge in [-0.3, -0.25) is 0 Å². The zero-order chi connectivity index (χ0) is 16.8. The minimum absolute atomic E-state index is 0.0834. The number of hydrogen-bond acceptors (Lipinski definition) is 5. The van der Waals surface area contributed by atoms with E-state index in [0.717, 1.165) is 45.0 Å². The van der Waals surface area contributed by atoms with Gasteiger partial charge in [-0.2, -0.15) is 0 Å². The molecule has 134 valence electrons. The van der Waals surface area contributed by atoms with Crippen molar-refractivity contribution in [3.63, 3.8) is 0 Å². The Morgan fingerprint density at radius 3 is 3.00 bits per heavy atom. The number of hydrogen-bond donors (Lipinski definition) is 2. The van der Waals surface area contributed by atoms with Crippen molar-refractivity contribution >= 4 is 5.96 Å². The van der Waals surface area contributed by atoms with Gasteiger partial charge in [0.15, 0.2) is 5.96 Å². The monoisotopic (exact) mass is 337 g/mol. The second-order valence-electron chi connectivity index (χ2n) is 6.13. The fourth-order valence-electron chi connectivity index (χ4n) is 3.16. The second-order valence-corrected chi connectivity index (χ2v) is 6.13. The molecule has 24 heavy (non-hydrogen) atoms. The Hall–Kier alpha value is -1.57. The Labute approximate surface area is 142 Å². The summed E-state index contributed by atoms with van der Waals surface area (Å²) >= 11 is 0. The SMILES string of the molecule is CCNC(=NCC(O)c1ccco1)N1CCOC(C2CCCO2)C1. The molecule has 2 aliphatic rings. The predicted molar refractivity (Wildman–Crippen MR) is 89.9 cm³/mol. The van der Waals surface area contributed by atoms with Crippen LogP contribution in [0.15, 0.2) is 27.8 Å². The normalized spacial score (nSPS) is 26.6. The highest BCUT2D eigenvalue weighted by Crippen LogP contribution is 2.21. The molecule has 0 aliphatic carbocycles. The van der Waals surface area contributed by atoms with Crippen LogP contribution < -0.4 is 5.32 Å². The van der Waals surface area contributed by atoms with Crippen molar-refractivity contribution in [2.24, 2.45) is 4.99 Å². The summed E-state index contributed by atoms with van der Waals surface area (Å²) in [6.07, 6.45) is 3.26. The number of nitrogens with one attached hydrogen (secondary N) is 1. The first kappa shape index (κ1) is 17.3. The molecule has 7 heteroatoms. The Balaban J connectivity index is 1.61. The van der Waals surface area contributed by atoms with Crippen LogP contribution in [0.4, 0.5) is 0 Å². The van der Waals surface area contributed by atoms with Crippen molar-refractivity contribution in [1.29, 1.82) is 0 Å². The van der Waals surface area contributed by atoms with Crippen LogP contribution in [-0.2, 0) is 9.47 Å². The fraction of sp³-hybridized carbons (Fsp3) is 0.706. The molecule has 7 nitrogen and oxygen atoms in total. The third kappa shape index (κ3) is 4.28. The van der Waals surface area contributed by atoms with E-state index in [1.165, 1.54) is 0 Å². The van der Waals surface area contributed by atoms with Crippen LogP contribution in [0.5, 0.6) is 0 Å². The molecule has 0 saturated carbocycles. The lowest BCUT2D eigenvalue weighted by Crippen LogP contribution is -2.53. The van der Waals surface area contributed by atoms with Gasteiger partial charge >= 0.3 is 0 Å². The molecule has 3 heterocycles. The molecule has 0 aromatic carbocycles. The Bertz CT molecular complexity index is 514. The van der Waals surface area contributed by atoms with E-state index >= 15 is 0 Å². The molecule has 2 N–H and O–H groups in total. The molecule has 3 atom stereocenters. The summed E-state index contributed by atoms with van der Waals surface area (Å²) < 4.78 is 16.9. The van der Waals surface area contributed by atoms with E-state index in [1.807, 2.05) is 6.92 Å². The number of aliphatic hydroxyl groups is 1. The standard InChI is InChI=1S/C17H27N3O4/c1-2-18-17(19-11-13(21)14-5-3-8-22-14)20-7-10-24-16(12-20)15-6-4-9-23-15/h3,5,8,13,15-16,21H,2,4,6-7,9-12H2,1H3,(H,18,19). The Morgan fingerprint density at radius 2 is 2.29 bits per heavy atom. The second kappa shape index (κ2) is 8.50. The highest BCUT2D eigenvalue weighted by Gasteiger charge is 2.32. The van der Waals surface area contributed by atoms with Gasteiger partial charge < -0.3 is 29.2 Å². The smallest absolute Gasteiger partial charge is 0.194 e. The Kier molecular flexibility index (Phi) is 6.12. The average molecular weight is 337 g/mol. The summed E-state index contributed by atoms with van der Waals surface area (Å²) in [4.78, 5) is 6.77. The number of guanidine groups is 1. The molecule has 0 spiro atoms. The maximum Gasteiger partial charge on any atom is 0.194 e. The molecule has 2 aliphatic heterocycles. The topological polar surface area (TPSA) is 79.5 Å². The van der Waals surface area contributed by atoms with Crippen LogP contribution >= 0.6 is 0 Å². The van der Waals surface area contributed by atoms with E-state index in [4.69, 9.17) is 13.9 Å². The van der Waals surface area contributed by atoms with E-state index < -0.39 is 6.10 Å². The van der Waals surface area contributed by atoms with Gasteiger partial charge in [0.1, 0.15) is 18.0 Å². The predicted octanol–water partition coefficient (Wildman–Crippen LogP) is 1.16. The molecule has 3 unspecified atom stereocenters. The summed E-state index contributed by atoms with van der Waals surface area (Å²) in [6, 6.07) is 3.52. The van der Waals surface area contributed by atoms with E-state index in [-0.39, 0.29) is 18.8 Å². The molecule has 2 saturated heterocycles. The summed E-state index contributed by atoms with van der Waals surface area (Å²) in [5, 5.41) is 13.5. The lowest BCUT2D eigenvalue weighted by atomic mass is 10.1. The number of furan rings is 1. The molecular formula is C17H27N3O4. The molecule has 0 radical (unpaired) electrons. The molecule has 1 aromatic rings. The number of ether oxygens (including phenoxy) is 2. The van der Waals surface area contributed by atoms with E-state index in [0.29, 0.717) is 12.4 Å². The molecule has 0 bridgehead atoms. The third-order valence-corrected chi connectivity index (χ3v) is 4.39. The van der Waals surface area contributed by atoms with Gasteiger partial charge in [0.25, 0.3) is 0 Å². The lowest BCUT2D eigenvalue weighted by Gasteiger charge is -2.37. The van der Waals surface area contributed by atoms with Crippen molar-refractivity contribution in [3.05, 3.63) is 24.2 Å². The van der Waals surface area contributed by atoms with Crippen LogP contribution in [0.1, 0.15) is 31.6 Å². The first-order valence-corrected chi connectivity index (χ1v) is 8.76. The molecule has 3 rings (SSSR count). The Morgan fingerprint density at radius 1 is 1.42 bits per heavy atom. The van der Waals surface area contributed by atoms with E-state index in [2.05, 4.69) is 15.2 Å². The molecule has 1 aromatic heterocycles. The lowest BCUT2D eigenvalue weighted by molar-refractivity contribution is -0.0817. The number of aliphatic hydroxyl groups excluding tert-OH is 1. The van der Waals surface area contributed by atoms with Gasteiger partial charge in [0.05, 0.1) is 25.5 Å². The van der Waals surface area contributed by atoms with Gasteiger partial charge in [0, 0.05) is 26.2 Å². The number of morpholine rings is 1. The quantitative estimate of drug-likeness (QED) is 0.620. The molecular weight excluding hydrogens is 310 g/mol. The summed E-state index contributed by atoms with van der Waals surface area (Å²) in [5.74, 6) is 1.34. The van der Waals surface area contributed by atoms with Gasteiger partial charge in [-0.1, -0.05) is 0 Å². The van der Waals surface area contributed by atoms with Crippen LogP contribution in [0.3, 0.4) is 0 Å². The van der Waals surface area contributed by atoms with Gasteiger partial charge in [-0.15, -0.1) is 0 Å². The average Bonchev–Trinajstić information content (AvgIpc) is 3.32. The zero-order valence-corrected chi connectivity index (χ0v) is 14.2. The van der Waals surface area contributed by atoms with Crippen LogP contribution in [0.25, 0.3) is 0 Å². The van der Waals surface area contributed by atoms with Gasteiger partial charge in [-0.25, -0.2) is 4.99 Å². The van der Waals surface area contributed by atoms with Crippen LogP contribution in [0, 0.1) is 0 Å². The highest BCUT2D eigenvalue weighted by molar-refractivity contribution is 5.80. The van der Waals surface area contributed by atoms with Crippen molar-refractivity contribution in [3.8, 4) is 0 Å². The van der Waals surface area contributed by atoms with Crippen molar-refractivity contribution in [2.45, 2.75) is 38.1 Å². The van der Waals surface area contributed by atoms with Gasteiger partial charge in [0.2, 0.25) is 0 Å². The fourth-order valence-corrected chi connectivity index (χ4v) is 3.16. The number of nitrogens with zero attached hydrogens (tertiary/aromatic N) is 2. The maximum atomic E-state index is 10.2. The van der Waals surface area contributed by atoms with Gasteiger partial charge in [-0.05, 0) is 31.9 Å². The van der Waals surface area contributed by atoms with Crippen molar-refractivity contribution < 1.29 is 19.0 Å². The summed E-state index contributed by atoms with van der Waals surface area (Å²) in [7, 11) is 0. The molecule has 0 amide bonds. The number of aliphatic imine (C=N–C) groups is 1. The summed E-state index contributed by atoms with van der Waals surface area (Å²) in [5.41, 5.74) is 0. The van der Waals surface area contributed by atoms with Crippen LogP contribution in [-0.4, -0.2) is 67.6 Å². The highest BCUT2D eigenvalue weighted by atomic mass is 16.5. The number of rotatable bonds is 5. The van der Waals surface area contributed by atoms with Crippen molar-refractivity contribution in [2.75, 3.05) is 39.4 Å². The third-order valence-electron chi connectivity index (χ3n) is 4.39. The zero-order valence-electron chi connectivity index (χ0n) is 14.2. The minimum atomic E-state index is -0.733. The molecule has 2 fully saturated rings. The first-order valence-electron chi connectivity index (χ1n) is 8.76. The minimum Gasteiger partial charge on any atom is -0.467 e. The van der Waals surface area contributed by atoms with Crippen LogP contribution in [0.2, 0.25) is 0 Å². The first-order chi connectivity index (χ1) is 11.8. The van der Waals surface area contributed by atoms with Crippen molar-refractivity contribution in [1.82, 2.24) is 10.2 Å². The van der Waals surface area contributed by atoms with E-state index in [9.17, 15) is 5.11 Å². The summed E-state index contributed by atoms with van der Waals surface area (Å²) in [6.45, 7) is 6.11. The van der Waals surface area contributed by atoms with E-state index in [1.54, 1.807) is 18.4 Å². The maximum absolute atomic E-state index is 10.2. The largest absolute Gasteiger partial charge is 0.467 e.